The summed E-state index contributed by atoms with van der Waals surface area (Å²) in [6.45, 7) is 17.3. The van der Waals surface area contributed by atoms with E-state index in [1.54, 1.807) is 0 Å². The van der Waals surface area contributed by atoms with Gasteiger partial charge in [0.1, 0.15) is 6.10 Å². The molecule has 0 aromatic heterocycles. The second-order valence-corrected chi connectivity index (χ2v) is 16.0. The van der Waals surface area contributed by atoms with Gasteiger partial charge in [-0.2, -0.15) is 0 Å². The third kappa shape index (κ3) is 2.97. The minimum Gasteiger partial charge on any atom is -0.396 e. The highest BCUT2D eigenvalue weighted by Gasteiger charge is 2.70. The van der Waals surface area contributed by atoms with Crippen LogP contribution in [0.2, 0.25) is 0 Å². The van der Waals surface area contributed by atoms with E-state index in [9.17, 15) is 9.90 Å². The Bertz CT molecular complexity index is 1030. The first kappa shape index (κ1) is 25.1. The van der Waals surface area contributed by atoms with Crippen LogP contribution in [0.1, 0.15) is 106 Å². The zero-order valence-corrected chi connectivity index (χ0v) is 23.8. The van der Waals surface area contributed by atoms with Crippen molar-refractivity contribution in [3.8, 4) is 0 Å². The largest absolute Gasteiger partial charge is 0.396 e. The van der Waals surface area contributed by atoms with Crippen molar-refractivity contribution in [1.29, 1.82) is 0 Å². The molecule has 9 atom stereocenters. The Morgan fingerprint density at radius 1 is 1.00 bits per heavy atom. The normalized spacial score (nSPS) is 52.2. The average molecular weight is 496 g/mol. The molecule has 1 heterocycles. The first-order valence-corrected chi connectivity index (χ1v) is 14.8. The predicted molar refractivity (Wildman–Crippen MR) is 143 cm³/mol. The maximum absolute atomic E-state index is 14.5. The number of aliphatic hydroxyl groups excluding tert-OH is 1. The number of hydrogen-bond donors (Lipinski definition) is 1. The molecule has 36 heavy (non-hydrogen) atoms. The maximum Gasteiger partial charge on any atom is 0.159 e. The molecule has 4 nitrogen and oxygen atoms in total. The van der Waals surface area contributed by atoms with Crippen LogP contribution in [0.4, 0.5) is 0 Å². The average Bonchev–Trinajstić information content (AvgIpc) is 3.25. The van der Waals surface area contributed by atoms with Gasteiger partial charge in [0.15, 0.2) is 5.78 Å². The SMILES string of the molecule is CC1(C)CC[C@]2(CCO)CC[C@]3(C)[C@H](C(=O)C=C4[C@@]5(C)CC6C=NOC6C(C)(C)[C@@H]5CC[C@]43C)[C@@H]2C1. The molecule has 5 aliphatic carbocycles. The summed E-state index contributed by atoms with van der Waals surface area (Å²) in [5.41, 5.74) is 1.86. The summed E-state index contributed by atoms with van der Waals surface area (Å²) in [4.78, 5) is 20.4. The maximum atomic E-state index is 14.5. The van der Waals surface area contributed by atoms with E-state index in [4.69, 9.17) is 4.84 Å². The quantitative estimate of drug-likeness (QED) is 0.450. The molecule has 6 rings (SSSR count). The molecule has 0 amide bonds. The Hall–Kier alpha value is -1.16. The van der Waals surface area contributed by atoms with Gasteiger partial charge in [-0.15, -0.1) is 0 Å². The molecule has 0 spiro atoms. The van der Waals surface area contributed by atoms with Crippen LogP contribution in [0.25, 0.3) is 0 Å². The molecule has 2 unspecified atom stereocenters. The summed E-state index contributed by atoms with van der Waals surface area (Å²) in [6.07, 6.45) is 14.4. The van der Waals surface area contributed by atoms with Crippen molar-refractivity contribution in [2.24, 2.45) is 61.3 Å². The zero-order chi connectivity index (χ0) is 25.9. The topological polar surface area (TPSA) is 58.9 Å². The van der Waals surface area contributed by atoms with Crippen molar-refractivity contribution in [1.82, 2.24) is 0 Å². The number of oxime groups is 1. The van der Waals surface area contributed by atoms with E-state index in [-0.39, 0.29) is 51.1 Å². The van der Waals surface area contributed by atoms with Gasteiger partial charge in [-0.25, -0.2) is 0 Å². The van der Waals surface area contributed by atoms with Gasteiger partial charge in [0.25, 0.3) is 0 Å². The number of aliphatic hydroxyl groups is 1. The monoisotopic (exact) mass is 495 g/mol. The minimum absolute atomic E-state index is 0.00744. The molecule has 4 saturated carbocycles. The minimum atomic E-state index is -0.0273. The van der Waals surface area contributed by atoms with Gasteiger partial charge in [0.05, 0.1) is 6.21 Å². The molecule has 1 N–H and O–H groups in total. The van der Waals surface area contributed by atoms with E-state index < -0.39 is 0 Å². The van der Waals surface area contributed by atoms with E-state index >= 15 is 0 Å². The number of allylic oxidation sites excluding steroid dienone is 2. The van der Waals surface area contributed by atoms with Crippen molar-refractivity contribution in [2.75, 3.05) is 6.61 Å². The van der Waals surface area contributed by atoms with Crippen molar-refractivity contribution in [2.45, 2.75) is 112 Å². The first-order valence-electron chi connectivity index (χ1n) is 14.8. The van der Waals surface area contributed by atoms with Gasteiger partial charge in [0.2, 0.25) is 0 Å². The van der Waals surface area contributed by atoms with Crippen molar-refractivity contribution < 1.29 is 14.7 Å². The molecule has 4 heteroatoms. The van der Waals surface area contributed by atoms with Crippen LogP contribution in [0.5, 0.6) is 0 Å². The molecular weight excluding hydrogens is 446 g/mol. The third-order valence-electron chi connectivity index (χ3n) is 13.6. The highest BCUT2D eigenvalue weighted by molar-refractivity contribution is 5.95. The van der Waals surface area contributed by atoms with E-state index in [1.807, 2.05) is 6.21 Å². The number of carbonyl (C=O) groups excluding carboxylic acids is 1. The first-order chi connectivity index (χ1) is 16.7. The fourth-order valence-electron chi connectivity index (χ4n) is 11.5. The number of ketones is 1. The van der Waals surface area contributed by atoms with Crippen molar-refractivity contribution in [3.05, 3.63) is 11.6 Å². The zero-order valence-electron chi connectivity index (χ0n) is 23.8. The summed E-state index contributed by atoms with van der Waals surface area (Å²) in [5, 5.41) is 14.4. The van der Waals surface area contributed by atoms with Crippen molar-refractivity contribution >= 4 is 12.0 Å². The van der Waals surface area contributed by atoms with E-state index in [0.29, 0.717) is 23.5 Å². The molecule has 1 aliphatic heterocycles. The lowest BCUT2D eigenvalue weighted by molar-refractivity contribution is -0.186. The lowest BCUT2D eigenvalue weighted by Crippen LogP contribution is -2.66. The van der Waals surface area contributed by atoms with Gasteiger partial charge in [0, 0.05) is 23.9 Å². The summed E-state index contributed by atoms with van der Waals surface area (Å²) in [7, 11) is 0. The van der Waals surface area contributed by atoms with E-state index in [2.05, 4.69) is 59.7 Å². The Labute approximate surface area is 218 Å². The Morgan fingerprint density at radius 3 is 2.44 bits per heavy atom. The fourth-order valence-corrected chi connectivity index (χ4v) is 11.5. The number of nitrogens with zero attached hydrogens (tertiary/aromatic N) is 1. The van der Waals surface area contributed by atoms with Gasteiger partial charge >= 0.3 is 0 Å². The van der Waals surface area contributed by atoms with Gasteiger partial charge in [-0.3, -0.25) is 4.79 Å². The van der Waals surface area contributed by atoms with E-state index in [0.717, 1.165) is 44.9 Å². The van der Waals surface area contributed by atoms with Gasteiger partial charge < -0.3 is 9.94 Å². The second-order valence-electron chi connectivity index (χ2n) is 16.0. The molecule has 0 aromatic carbocycles. The van der Waals surface area contributed by atoms with Crippen LogP contribution in [0.3, 0.4) is 0 Å². The van der Waals surface area contributed by atoms with Crippen LogP contribution in [-0.2, 0) is 9.63 Å². The smallest absolute Gasteiger partial charge is 0.159 e. The molecular formula is C32H49NO3. The molecule has 6 aliphatic rings. The second kappa shape index (κ2) is 7.48. The number of fused-ring (bicyclic) bond motifs is 8. The van der Waals surface area contributed by atoms with Crippen LogP contribution in [-0.4, -0.2) is 29.8 Å². The summed E-state index contributed by atoms with van der Waals surface area (Å²) in [5.74, 6) is 1.67. The van der Waals surface area contributed by atoms with Gasteiger partial charge in [-0.05, 0) is 103 Å². The van der Waals surface area contributed by atoms with Crippen LogP contribution in [0, 0.1) is 56.2 Å². The molecule has 200 valence electrons. The highest BCUT2D eigenvalue weighted by atomic mass is 16.6. The lowest BCUT2D eigenvalue weighted by Gasteiger charge is -2.70. The Kier molecular flexibility index (Phi) is 5.22. The van der Waals surface area contributed by atoms with Crippen LogP contribution < -0.4 is 0 Å². The Balaban J connectivity index is 1.47. The molecule has 0 bridgehead atoms. The van der Waals surface area contributed by atoms with Gasteiger partial charge in [-0.1, -0.05) is 59.2 Å². The summed E-state index contributed by atoms with van der Waals surface area (Å²) < 4.78 is 0. The third-order valence-corrected chi connectivity index (χ3v) is 13.6. The number of carbonyl (C=O) groups is 1. The fraction of sp³-hybridized carbons (Fsp3) is 0.875. The summed E-state index contributed by atoms with van der Waals surface area (Å²) >= 11 is 0. The standard InChI is InChI=1S/C32H49NO3/c1-27(2)10-12-32(14-15-34)13-11-31(7)25(21(32)18-27)22(35)16-24-29(5)17-20-19-33-36-26(20)28(3,4)23(29)8-9-30(24,31)6/h16,19-21,23,25-26,34H,8-15,17-18H2,1-7H3/t20?,21-,23-,25-,26?,29-,30+,31+,32+/m0/s1. The van der Waals surface area contributed by atoms with Crippen LogP contribution >= 0.6 is 0 Å². The van der Waals surface area contributed by atoms with Crippen molar-refractivity contribution in [3.63, 3.8) is 0 Å². The highest BCUT2D eigenvalue weighted by Crippen LogP contribution is 2.75. The predicted octanol–water partition coefficient (Wildman–Crippen LogP) is 6.96. The number of hydrogen-bond acceptors (Lipinski definition) is 4. The molecule has 0 aromatic rings. The van der Waals surface area contributed by atoms with Crippen LogP contribution in [0.15, 0.2) is 16.8 Å². The summed E-state index contributed by atoms with van der Waals surface area (Å²) in [6, 6.07) is 0. The molecule has 0 radical (unpaired) electrons. The molecule has 0 saturated heterocycles. The lowest BCUT2D eigenvalue weighted by atomic mass is 9.33. The molecule has 4 fully saturated rings. The number of rotatable bonds is 2. The van der Waals surface area contributed by atoms with E-state index in [1.165, 1.54) is 18.4 Å². The Morgan fingerprint density at radius 2 is 1.72 bits per heavy atom.